The van der Waals surface area contributed by atoms with Gasteiger partial charge < -0.3 is 5.32 Å². The first-order valence-corrected chi connectivity index (χ1v) is 5.82. The van der Waals surface area contributed by atoms with Crippen molar-refractivity contribution in [1.82, 2.24) is 19.7 Å². The van der Waals surface area contributed by atoms with E-state index >= 15 is 0 Å². The molecule has 0 unspecified atom stereocenters. The normalized spacial score (nSPS) is 10.8. The Bertz CT molecular complexity index is 692. The number of nitrogens with one attached hydrogen (secondary N) is 1. The molecule has 0 amide bonds. The van der Waals surface area contributed by atoms with Gasteiger partial charge in [-0.1, -0.05) is 18.2 Å². The number of anilines is 1. The fourth-order valence-electron chi connectivity index (χ4n) is 1.83. The van der Waals surface area contributed by atoms with Crippen LogP contribution in [-0.4, -0.2) is 26.8 Å². The summed E-state index contributed by atoms with van der Waals surface area (Å²) in [6.07, 6.45) is 1.73. The van der Waals surface area contributed by atoms with E-state index < -0.39 is 0 Å². The first-order chi connectivity index (χ1) is 8.79. The summed E-state index contributed by atoms with van der Waals surface area (Å²) in [6.45, 7) is 0. The number of nitrogens with zero attached hydrogens (tertiary/aromatic N) is 4. The van der Waals surface area contributed by atoms with Crippen molar-refractivity contribution < 1.29 is 0 Å². The van der Waals surface area contributed by atoms with Crippen LogP contribution in [0.5, 0.6) is 0 Å². The summed E-state index contributed by atoms with van der Waals surface area (Å²) in [4.78, 5) is 8.35. The summed E-state index contributed by atoms with van der Waals surface area (Å²) < 4.78 is 1.74. The Morgan fingerprint density at radius 2 is 1.94 bits per heavy atom. The van der Waals surface area contributed by atoms with Gasteiger partial charge in [0.1, 0.15) is 5.82 Å². The number of para-hydroxylation sites is 1. The van der Waals surface area contributed by atoms with Crippen molar-refractivity contribution in [3.05, 3.63) is 41.8 Å². The summed E-state index contributed by atoms with van der Waals surface area (Å²) in [5.74, 6) is 0.673. The molecule has 3 aromatic rings. The van der Waals surface area contributed by atoms with Gasteiger partial charge in [0, 0.05) is 7.05 Å². The van der Waals surface area contributed by atoms with Gasteiger partial charge in [-0.15, -0.1) is 0 Å². The average Bonchev–Trinajstić information content (AvgIpc) is 2.82. The number of aromatic nitrogens is 4. The maximum atomic E-state index is 5.92. The zero-order valence-corrected chi connectivity index (χ0v) is 10.4. The van der Waals surface area contributed by atoms with Crippen molar-refractivity contribution in [1.29, 1.82) is 0 Å². The third-order valence-electron chi connectivity index (χ3n) is 2.64. The molecule has 2 heterocycles. The molecule has 3 rings (SSSR count). The molecule has 0 fully saturated rings. The maximum Gasteiger partial charge on any atom is 0.226 e. The van der Waals surface area contributed by atoms with Crippen LogP contribution in [0.4, 0.5) is 5.82 Å². The lowest BCUT2D eigenvalue weighted by Gasteiger charge is -2.04. The van der Waals surface area contributed by atoms with E-state index in [1.165, 1.54) is 0 Å². The Hall–Kier alpha value is -2.14. The van der Waals surface area contributed by atoms with Crippen LogP contribution in [0.3, 0.4) is 0 Å². The number of rotatable bonds is 2. The highest BCUT2D eigenvalue weighted by Crippen LogP contribution is 2.23. The molecule has 1 N–H and O–H groups in total. The molecule has 1 aromatic carbocycles. The molecule has 18 heavy (non-hydrogen) atoms. The van der Waals surface area contributed by atoms with E-state index in [1.807, 2.05) is 30.3 Å². The van der Waals surface area contributed by atoms with E-state index in [2.05, 4.69) is 20.4 Å². The van der Waals surface area contributed by atoms with Crippen molar-refractivity contribution >= 4 is 28.5 Å². The second-order valence-corrected chi connectivity index (χ2v) is 4.06. The van der Waals surface area contributed by atoms with Crippen molar-refractivity contribution in [2.75, 3.05) is 12.4 Å². The summed E-state index contributed by atoms with van der Waals surface area (Å²) in [5.41, 5.74) is 1.62. The molecule has 5 nitrogen and oxygen atoms in total. The zero-order valence-electron chi connectivity index (χ0n) is 9.63. The second kappa shape index (κ2) is 4.27. The van der Waals surface area contributed by atoms with Crippen LogP contribution in [0.2, 0.25) is 5.28 Å². The van der Waals surface area contributed by atoms with E-state index in [4.69, 9.17) is 11.6 Å². The number of benzene rings is 1. The third kappa shape index (κ3) is 1.69. The predicted molar refractivity (Wildman–Crippen MR) is 71.2 cm³/mol. The van der Waals surface area contributed by atoms with Gasteiger partial charge in [-0.2, -0.15) is 15.1 Å². The van der Waals surface area contributed by atoms with Crippen LogP contribution in [0.25, 0.3) is 16.7 Å². The Kier molecular flexibility index (Phi) is 2.60. The maximum absolute atomic E-state index is 5.92. The van der Waals surface area contributed by atoms with E-state index in [0.717, 1.165) is 11.1 Å². The Labute approximate surface area is 108 Å². The monoisotopic (exact) mass is 259 g/mol. The highest BCUT2D eigenvalue weighted by molar-refractivity contribution is 6.28. The van der Waals surface area contributed by atoms with Gasteiger partial charge in [-0.3, -0.25) is 0 Å². The third-order valence-corrected chi connectivity index (χ3v) is 2.81. The molecule has 0 saturated heterocycles. The van der Waals surface area contributed by atoms with Crippen LogP contribution in [-0.2, 0) is 0 Å². The molecule has 0 radical (unpaired) electrons. The van der Waals surface area contributed by atoms with Crippen molar-refractivity contribution in [2.45, 2.75) is 0 Å². The molecular weight excluding hydrogens is 250 g/mol. The quantitative estimate of drug-likeness (QED) is 0.719. The first-order valence-electron chi connectivity index (χ1n) is 5.44. The average molecular weight is 260 g/mol. The molecule has 90 valence electrons. The number of hydrogen-bond acceptors (Lipinski definition) is 4. The molecule has 6 heteroatoms. The van der Waals surface area contributed by atoms with Crippen molar-refractivity contribution in [2.24, 2.45) is 0 Å². The minimum Gasteiger partial charge on any atom is -0.372 e. The van der Waals surface area contributed by atoms with Crippen LogP contribution in [0.1, 0.15) is 0 Å². The minimum absolute atomic E-state index is 0.199. The van der Waals surface area contributed by atoms with Gasteiger partial charge in [-0.25, -0.2) is 4.68 Å². The SMILES string of the molecule is CNc1nc(Cl)nc2c1cnn2-c1ccccc1. The highest BCUT2D eigenvalue weighted by Gasteiger charge is 2.11. The summed E-state index contributed by atoms with van der Waals surface area (Å²) in [5, 5.41) is 8.35. The molecule has 0 atom stereocenters. The largest absolute Gasteiger partial charge is 0.372 e. The lowest BCUT2D eigenvalue weighted by Crippen LogP contribution is -2.00. The van der Waals surface area contributed by atoms with Crippen molar-refractivity contribution in [3.8, 4) is 5.69 Å². The van der Waals surface area contributed by atoms with E-state index in [-0.39, 0.29) is 5.28 Å². The number of hydrogen-bond donors (Lipinski definition) is 1. The lowest BCUT2D eigenvalue weighted by molar-refractivity contribution is 0.895. The summed E-state index contributed by atoms with van der Waals surface area (Å²) in [6, 6.07) is 9.77. The fraction of sp³-hybridized carbons (Fsp3) is 0.0833. The van der Waals surface area contributed by atoms with Gasteiger partial charge in [-0.05, 0) is 23.7 Å². The Morgan fingerprint density at radius 3 is 2.67 bits per heavy atom. The highest BCUT2D eigenvalue weighted by atomic mass is 35.5. The first kappa shape index (κ1) is 11.0. The van der Waals surface area contributed by atoms with Gasteiger partial charge in [0.2, 0.25) is 5.28 Å². The van der Waals surface area contributed by atoms with Gasteiger partial charge in [0.05, 0.1) is 17.3 Å². The van der Waals surface area contributed by atoms with E-state index in [1.54, 1.807) is 17.9 Å². The van der Waals surface area contributed by atoms with Crippen molar-refractivity contribution in [3.63, 3.8) is 0 Å². The van der Waals surface area contributed by atoms with Crippen LogP contribution < -0.4 is 5.32 Å². The van der Waals surface area contributed by atoms with Gasteiger partial charge in [0.25, 0.3) is 0 Å². The topological polar surface area (TPSA) is 55.6 Å². The number of fused-ring (bicyclic) bond motifs is 1. The zero-order chi connectivity index (χ0) is 12.5. The predicted octanol–water partition coefficient (Wildman–Crippen LogP) is 2.51. The molecule has 2 aromatic heterocycles. The smallest absolute Gasteiger partial charge is 0.226 e. The molecular formula is C12H10ClN5. The van der Waals surface area contributed by atoms with Gasteiger partial charge in [0.15, 0.2) is 5.65 Å². The molecule has 0 bridgehead atoms. The summed E-state index contributed by atoms with van der Waals surface area (Å²) in [7, 11) is 1.79. The fourth-order valence-corrected chi connectivity index (χ4v) is 1.99. The van der Waals surface area contributed by atoms with Gasteiger partial charge >= 0.3 is 0 Å². The molecule has 0 spiro atoms. The Morgan fingerprint density at radius 1 is 1.17 bits per heavy atom. The molecule has 0 aliphatic heterocycles. The van der Waals surface area contributed by atoms with Crippen LogP contribution in [0.15, 0.2) is 36.5 Å². The molecule has 0 aliphatic carbocycles. The molecule has 0 saturated carbocycles. The number of halogens is 1. The van der Waals surface area contributed by atoms with Crippen LogP contribution >= 0.6 is 11.6 Å². The minimum atomic E-state index is 0.199. The van der Waals surface area contributed by atoms with E-state index in [0.29, 0.717) is 11.5 Å². The second-order valence-electron chi connectivity index (χ2n) is 3.72. The molecule has 0 aliphatic rings. The van der Waals surface area contributed by atoms with Crippen LogP contribution in [0, 0.1) is 0 Å². The summed E-state index contributed by atoms with van der Waals surface area (Å²) >= 11 is 5.92. The standard InChI is InChI=1S/C12H10ClN5/c1-14-10-9-7-15-18(8-5-3-2-4-6-8)11(9)17-12(13)16-10/h2-7H,1H3,(H,14,16,17). The van der Waals surface area contributed by atoms with E-state index in [9.17, 15) is 0 Å². The lowest BCUT2D eigenvalue weighted by atomic mass is 10.3. The Balaban J connectivity index is 2.30.